The molecule has 2 aromatic carbocycles. The zero-order valence-electron chi connectivity index (χ0n) is 18.3. The van der Waals surface area contributed by atoms with E-state index in [0.717, 1.165) is 47.5 Å². The number of fused-ring (bicyclic) bond motifs is 1. The lowest BCUT2D eigenvalue weighted by atomic mass is 9.96. The minimum Gasteiger partial charge on any atom is -0.490 e. The third-order valence-corrected chi connectivity index (χ3v) is 5.83. The average Bonchev–Trinajstić information content (AvgIpc) is 3.01. The summed E-state index contributed by atoms with van der Waals surface area (Å²) in [5.41, 5.74) is 3.82. The van der Waals surface area contributed by atoms with Crippen LogP contribution in [0, 0.1) is 19.8 Å². The van der Waals surface area contributed by atoms with E-state index in [1.54, 1.807) is 0 Å². The number of nitrogens with one attached hydrogen (secondary N) is 1. The van der Waals surface area contributed by atoms with E-state index in [2.05, 4.69) is 11.4 Å². The molecule has 2 aliphatic heterocycles. The topological polar surface area (TPSA) is 67.9 Å². The van der Waals surface area contributed by atoms with Gasteiger partial charge in [0.05, 0.1) is 19.1 Å². The highest BCUT2D eigenvalue weighted by molar-refractivity contribution is 5.95. The number of piperidine rings is 1. The van der Waals surface area contributed by atoms with E-state index in [9.17, 15) is 9.59 Å². The zero-order valence-corrected chi connectivity index (χ0v) is 18.3. The van der Waals surface area contributed by atoms with Crippen molar-refractivity contribution < 1.29 is 19.1 Å². The van der Waals surface area contributed by atoms with Crippen molar-refractivity contribution in [2.24, 2.45) is 5.92 Å². The predicted octanol–water partition coefficient (Wildman–Crippen LogP) is 3.63. The lowest BCUT2D eigenvalue weighted by Gasteiger charge is -2.32. The van der Waals surface area contributed by atoms with E-state index in [-0.39, 0.29) is 17.7 Å². The molecule has 0 bridgehead atoms. The van der Waals surface area contributed by atoms with Crippen molar-refractivity contribution in [1.82, 2.24) is 10.2 Å². The molecule has 164 valence electrons. The molecule has 4 rings (SSSR count). The lowest BCUT2D eigenvalue weighted by molar-refractivity contribution is -0.126. The number of benzene rings is 2. The Balaban J connectivity index is 1.35. The standard InChI is InChI=1S/C25H30N2O4/c1-17-11-18(2)13-21(12-17)25(29)27-8-3-5-20(16-27)24(28)26-15-19-6-7-22-23(14-19)31-10-4-9-30-22/h6-7,11-14,20H,3-5,8-10,15-16H2,1-2H3,(H,26,28). The zero-order chi connectivity index (χ0) is 21.8. The fourth-order valence-corrected chi connectivity index (χ4v) is 4.31. The summed E-state index contributed by atoms with van der Waals surface area (Å²) in [7, 11) is 0. The van der Waals surface area contributed by atoms with Crippen molar-refractivity contribution in [2.45, 2.75) is 39.7 Å². The maximum Gasteiger partial charge on any atom is 0.253 e. The average molecular weight is 423 g/mol. The van der Waals surface area contributed by atoms with Gasteiger partial charge in [-0.3, -0.25) is 9.59 Å². The Labute approximate surface area is 183 Å². The largest absolute Gasteiger partial charge is 0.490 e. The van der Waals surface area contributed by atoms with E-state index in [0.29, 0.717) is 38.4 Å². The molecule has 1 saturated heterocycles. The van der Waals surface area contributed by atoms with Crippen molar-refractivity contribution >= 4 is 11.8 Å². The van der Waals surface area contributed by atoms with Crippen LogP contribution in [0.25, 0.3) is 0 Å². The van der Waals surface area contributed by atoms with Crippen LogP contribution in [0.2, 0.25) is 0 Å². The predicted molar refractivity (Wildman–Crippen MR) is 118 cm³/mol. The first-order valence-electron chi connectivity index (χ1n) is 11.0. The number of likely N-dealkylation sites (tertiary alicyclic amines) is 1. The molecule has 0 aromatic heterocycles. The normalized spacial score (nSPS) is 18.3. The van der Waals surface area contributed by atoms with Gasteiger partial charge < -0.3 is 19.7 Å². The Morgan fingerprint density at radius 2 is 1.74 bits per heavy atom. The third-order valence-electron chi connectivity index (χ3n) is 5.83. The highest BCUT2D eigenvalue weighted by atomic mass is 16.5. The SMILES string of the molecule is Cc1cc(C)cc(C(=O)N2CCCC(C(=O)NCc3ccc4c(c3)OCCCO4)C2)c1. The third kappa shape index (κ3) is 5.19. The highest BCUT2D eigenvalue weighted by Gasteiger charge is 2.29. The Morgan fingerprint density at radius 3 is 2.52 bits per heavy atom. The molecular weight excluding hydrogens is 392 g/mol. The maximum atomic E-state index is 13.0. The number of hydrogen-bond donors (Lipinski definition) is 1. The van der Waals surface area contributed by atoms with E-state index in [1.165, 1.54) is 0 Å². The summed E-state index contributed by atoms with van der Waals surface area (Å²) >= 11 is 0. The quantitative estimate of drug-likeness (QED) is 0.817. The molecule has 2 amide bonds. The first-order valence-corrected chi connectivity index (χ1v) is 11.0. The van der Waals surface area contributed by atoms with Gasteiger partial charge in [0, 0.05) is 31.6 Å². The number of ether oxygens (including phenoxy) is 2. The number of carbonyl (C=O) groups excluding carboxylic acids is 2. The maximum absolute atomic E-state index is 13.0. The minimum atomic E-state index is -0.191. The summed E-state index contributed by atoms with van der Waals surface area (Å²) in [6.07, 6.45) is 2.49. The van der Waals surface area contributed by atoms with Crippen LogP contribution in [0.15, 0.2) is 36.4 Å². The van der Waals surface area contributed by atoms with Gasteiger partial charge >= 0.3 is 0 Å². The van der Waals surface area contributed by atoms with Gasteiger partial charge in [0.25, 0.3) is 5.91 Å². The van der Waals surface area contributed by atoms with Crippen molar-refractivity contribution in [3.05, 3.63) is 58.7 Å². The Morgan fingerprint density at radius 1 is 1.00 bits per heavy atom. The monoisotopic (exact) mass is 422 g/mol. The summed E-state index contributed by atoms with van der Waals surface area (Å²) in [5.74, 6) is 1.29. The number of rotatable bonds is 4. The van der Waals surface area contributed by atoms with Gasteiger partial charge in [0.15, 0.2) is 11.5 Å². The van der Waals surface area contributed by atoms with E-state index >= 15 is 0 Å². The first-order chi connectivity index (χ1) is 15.0. The second-order valence-corrected chi connectivity index (χ2v) is 8.52. The molecule has 1 atom stereocenters. The molecular formula is C25H30N2O4. The van der Waals surface area contributed by atoms with E-state index in [4.69, 9.17) is 9.47 Å². The van der Waals surface area contributed by atoms with Gasteiger partial charge in [0.2, 0.25) is 5.91 Å². The van der Waals surface area contributed by atoms with Crippen molar-refractivity contribution in [2.75, 3.05) is 26.3 Å². The molecule has 1 N–H and O–H groups in total. The smallest absolute Gasteiger partial charge is 0.253 e. The summed E-state index contributed by atoms with van der Waals surface area (Å²) in [5, 5.41) is 3.04. The molecule has 6 nitrogen and oxygen atoms in total. The van der Waals surface area contributed by atoms with Crippen LogP contribution >= 0.6 is 0 Å². The number of aryl methyl sites for hydroxylation is 2. The second kappa shape index (κ2) is 9.41. The molecule has 6 heteroatoms. The van der Waals surface area contributed by atoms with Gasteiger partial charge in [-0.1, -0.05) is 23.3 Å². The fourth-order valence-electron chi connectivity index (χ4n) is 4.31. The van der Waals surface area contributed by atoms with Crippen LogP contribution in [0.1, 0.15) is 46.3 Å². The van der Waals surface area contributed by atoms with Gasteiger partial charge in [-0.2, -0.15) is 0 Å². The number of hydrogen-bond acceptors (Lipinski definition) is 4. The number of carbonyl (C=O) groups is 2. The van der Waals surface area contributed by atoms with Crippen LogP contribution in [-0.4, -0.2) is 43.0 Å². The van der Waals surface area contributed by atoms with Crippen LogP contribution in [0.4, 0.5) is 0 Å². The Kier molecular flexibility index (Phi) is 6.44. The van der Waals surface area contributed by atoms with Crippen molar-refractivity contribution in [3.63, 3.8) is 0 Å². The van der Waals surface area contributed by atoms with Crippen molar-refractivity contribution in [1.29, 1.82) is 0 Å². The first kappa shape index (κ1) is 21.2. The fraction of sp³-hybridized carbons (Fsp3) is 0.440. The van der Waals surface area contributed by atoms with Crippen LogP contribution in [-0.2, 0) is 11.3 Å². The molecule has 0 spiro atoms. The lowest BCUT2D eigenvalue weighted by Crippen LogP contribution is -2.45. The minimum absolute atomic E-state index is 0.00667. The molecule has 2 aromatic rings. The number of amides is 2. The second-order valence-electron chi connectivity index (χ2n) is 8.52. The van der Waals surface area contributed by atoms with Crippen LogP contribution < -0.4 is 14.8 Å². The van der Waals surface area contributed by atoms with Gasteiger partial charge in [-0.05, 0) is 56.5 Å². The van der Waals surface area contributed by atoms with E-state index in [1.807, 2.05) is 49.1 Å². The summed E-state index contributed by atoms with van der Waals surface area (Å²) in [6.45, 7) is 6.86. The molecule has 0 saturated carbocycles. The molecule has 1 unspecified atom stereocenters. The Bertz CT molecular complexity index is 952. The highest BCUT2D eigenvalue weighted by Crippen LogP contribution is 2.30. The molecule has 2 heterocycles. The van der Waals surface area contributed by atoms with Gasteiger partial charge in [-0.25, -0.2) is 0 Å². The van der Waals surface area contributed by atoms with Crippen LogP contribution in [0.3, 0.4) is 0 Å². The molecule has 0 radical (unpaired) electrons. The molecule has 31 heavy (non-hydrogen) atoms. The van der Waals surface area contributed by atoms with Gasteiger partial charge in [0.1, 0.15) is 0 Å². The van der Waals surface area contributed by atoms with E-state index < -0.39 is 0 Å². The van der Waals surface area contributed by atoms with Crippen LogP contribution in [0.5, 0.6) is 11.5 Å². The number of nitrogens with zero attached hydrogens (tertiary/aromatic N) is 1. The Hall–Kier alpha value is -3.02. The molecule has 1 fully saturated rings. The summed E-state index contributed by atoms with van der Waals surface area (Å²) in [4.78, 5) is 27.6. The van der Waals surface area contributed by atoms with Crippen molar-refractivity contribution in [3.8, 4) is 11.5 Å². The summed E-state index contributed by atoms with van der Waals surface area (Å²) < 4.78 is 11.4. The molecule has 0 aliphatic carbocycles. The molecule has 2 aliphatic rings. The van der Waals surface area contributed by atoms with Gasteiger partial charge in [-0.15, -0.1) is 0 Å². The summed E-state index contributed by atoms with van der Waals surface area (Å²) in [6, 6.07) is 11.7.